The van der Waals surface area contributed by atoms with Crippen LogP contribution in [0.2, 0.25) is 0 Å². The average Bonchev–Trinajstić information content (AvgIpc) is 2.96. The molecular weight excluding hydrogens is 234 g/mol. The number of fused-ring (bicyclic) bond motifs is 1. The summed E-state index contributed by atoms with van der Waals surface area (Å²) in [5.74, 6) is 1.09. The summed E-state index contributed by atoms with van der Waals surface area (Å²) >= 11 is 0. The van der Waals surface area contributed by atoms with Crippen LogP contribution in [-0.4, -0.2) is 26.0 Å². The molecule has 3 heterocycles. The quantitative estimate of drug-likeness (QED) is 0.854. The van der Waals surface area contributed by atoms with Gasteiger partial charge in [0.05, 0.1) is 6.26 Å². The van der Waals surface area contributed by atoms with Gasteiger partial charge >= 0.3 is 0 Å². The lowest BCUT2D eigenvalue weighted by molar-refractivity contribution is -0.114. The van der Waals surface area contributed by atoms with E-state index < -0.39 is 6.04 Å². The highest BCUT2D eigenvalue weighted by molar-refractivity contribution is 5.96. The van der Waals surface area contributed by atoms with Crippen LogP contribution in [0.25, 0.3) is 0 Å². The average molecular weight is 245 g/mol. The van der Waals surface area contributed by atoms with Gasteiger partial charge in [-0.25, -0.2) is 0 Å². The van der Waals surface area contributed by atoms with Crippen LogP contribution in [0.5, 0.6) is 0 Å². The number of anilines is 1. The molecule has 1 aliphatic heterocycles. The van der Waals surface area contributed by atoms with Gasteiger partial charge < -0.3 is 9.73 Å². The van der Waals surface area contributed by atoms with E-state index in [1.54, 1.807) is 23.1 Å². The van der Waals surface area contributed by atoms with Crippen molar-refractivity contribution in [3.05, 3.63) is 35.4 Å². The number of furan rings is 1. The Balaban J connectivity index is 2.21. The van der Waals surface area contributed by atoms with Crippen molar-refractivity contribution in [2.45, 2.75) is 19.9 Å². The van der Waals surface area contributed by atoms with Crippen LogP contribution in [0.4, 0.5) is 5.95 Å². The first-order valence-corrected chi connectivity index (χ1v) is 5.48. The summed E-state index contributed by atoms with van der Waals surface area (Å²) in [5.41, 5.74) is 1.34. The number of allylic oxidation sites excluding steroid dienone is 2. The second kappa shape index (κ2) is 3.80. The Morgan fingerprint density at radius 3 is 3.06 bits per heavy atom. The molecule has 0 amide bonds. The third-order valence-corrected chi connectivity index (χ3v) is 2.91. The number of tetrazole rings is 1. The second-order valence-electron chi connectivity index (χ2n) is 4.08. The highest BCUT2D eigenvalue weighted by atomic mass is 16.3. The molecule has 0 aliphatic carbocycles. The van der Waals surface area contributed by atoms with Gasteiger partial charge in [-0.2, -0.15) is 4.68 Å². The van der Waals surface area contributed by atoms with Gasteiger partial charge in [-0.1, -0.05) is 5.10 Å². The maximum absolute atomic E-state index is 11.8. The van der Waals surface area contributed by atoms with E-state index in [0.717, 1.165) is 5.70 Å². The minimum Gasteiger partial charge on any atom is -0.467 e. The van der Waals surface area contributed by atoms with Crippen molar-refractivity contribution < 1.29 is 9.21 Å². The van der Waals surface area contributed by atoms with Gasteiger partial charge in [0, 0.05) is 11.3 Å². The van der Waals surface area contributed by atoms with Crippen molar-refractivity contribution in [1.29, 1.82) is 0 Å². The molecule has 2 aromatic rings. The molecule has 1 aliphatic rings. The van der Waals surface area contributed by atoms with Gasteiger partial charge in [0.15, 0.2) is 5.78 Å². The fraction of sp³-hybridized carbons (Fsp3) is 0.273. The van der Waals surface area contributed by atoms with Gasteiger partial charge in [0.1, 0.15) is 11.8 Å². The lowest BCUT2D eigenvalue weighted by Crippen LogP contribution is -2.27. The van der Waals surface area contributed by atoms with Crippen molar-refractivity contribution >= 4 is 11.7 Å². The van der Waals surface area contributed by atoms with Gasteiger partial charge in [-0.3, -0.25) is 4.79 Å². The number of aromatic nitrogens is 4. The third-order valence-electron chi connectivity index (χ3n) is 2.91. The number of nitrogens with one attached hydrogen (secondary N) is 1. The number of nitrogens with zero attached hydrogens (tertiary/aromatic N) is 4. The van der Waals surface area contributed by atoms with Crippen LogP contribution < -0.4 is 5.32 Å². The molecule has 2 aromatic heterocycles. The molecule has 7 nitrogen and oxygen atoms in total. The zero-order valence-electron chi connectivity index (χ0n) is 9.91. The minimum atomic E-state index is -0.413. The topological polar surface area (TPSA) is 85.8 Å². The first-order valence-electron chi connectivity index (χ1n) is 5.48. The summed E-state index contributed by atoms with van der Waals surface area (Å²) in [5, 5.41) is 14.4. The number of hydrogen-bond acceptors (Lipinski definition) is 6. The summed E-state index contributed by atoms with van der Waals surface area (Å²) in [4.78, 5) is 11.8. The Morgan fingerprint density at radius 2 is 2.39 bits per heavy atom. The van der Waals surface area contributed by atoms with Crippen LogP contribution in [0, 0.1) is 0 Å². The predicted octanol–water partition coefficient (Wildman–Crippen LogP) is 1.14. The van der Waals surface area contributed by atoms with Crippen molar-refractivity contribution in [3.63, 3.8) is 0 Å². The molecule has 0 saturated heterocycles. The number of carbonyl (C=O) groups is 1. The van der Waals surface area contributed by atoms with Gasteiger partial charge in [-0.15, -0.1) is 0 Å². The molecule has 0 fully saturated rings. The molecule has 92 valence electrons. The van der Waals surface area contributed by atoms with Crippen LogP contribution in [0.1, 0.15) is 25.6 Å². The van der Waals surface area contributed by atoms with Crippen LogP contribution >= 0.6 is 0 Å². The number of ketones is 1. The smallest absolute Gasteiger partial charge is 0.248 e. The molecule has 7 heteroatoms. The fourth-order valence-corrected chi connectivity index (χ4v) is 2.18. The maximum atomic E-state index is 11.8. The third kappa shape index (κ3) is 1.44. The number of Topliss-reactive ketones (excluding diaryl/α,β-unsaturated/α-hetero) is 1. The van der Waals surface area contributed by atoms with Crippen molar-refractivity contribution in [2.24, 2.45) is 0 Å². The molecular formula is C11H11N5O2. The SMILES string of the molecule is CC(=O)C1=C(C)Nc2nnnn2[C@@H]1c1ccco1. The van der Waals surface area contributed by atoms with Crippen molar-refractivity contribution in [1.82, 2.24) is 20.2 Å². The van der Waals surface area contributed by atoms with E-state index in [-0.39, 0.29) is 5.78 Å². The van der Waals surface area contributed by atoms with Crippen LogP contribution in [0.15, 0.2) is 34.1 Å². The Kier molecular flexibility index (Phi) is 2.26. The molecule has 3 rings (SSSR count). The Labute approximate surface area is 102 Å². The van der Waals surface area contributed by atoms with Gasteiger partial charge in [-0.05, 0) is 36.4 Å². The number of carbonyl (C=O) groups excluding carboxylic acids is 1. The molecule has 0 saturated carbocycles. The number of rotatable bonds is 2. The van der Waals surface area contributed by atoms with Gasteiger partial charge in [0.2, 0.25) is 5.95 Å². The summed E-state index contributed by atoms with van der Waals surface area (Å²) < 4.78 is 6.94. The van der Waals surface area contributed by atoms with Crippen LogP contribution in [0.3, 0.4) is 0 Å². The first kappa shape index (κ1) is 10.7. The van der Waals surface area contributed by atoms with Crippen molar-refractivity contribution in [3.8, 4) is 0 Å². The molecule has 0 bridgehead atoms. The standard InChI is InChI=1S/C11H11N5O2/c1-6-9(7(2)17)10(8-4-3-5-18-8)16-11(12-6)13-14-15-16/h3-5,10H,1-2H3,(H,12,13,15)/t10-/m1/s1. The summed E-state index contributed by atoms with van der Waals surface area (Å²) in [6.07, 6.45) is 1.56. The summed E-state index contributed by atoms with van der Waals surface area (Å²) in [6, 6.07) is 3.16. The Hall–Kier alpha value is -2.44. The van der Waals surface area contributed by atoms with Gasteiger partial charge in [0.25, 0.3) is 0 Å². The molecule has 0 aromatic carbocycles. The predicted molar refractivity (Wildman–Crippen MR) is 61.7 cm³/mol. The summed E-state index contributed by atoms with van der Waals surface area (Å²) in [6.45, 7) is 3.34. The van der Waals surface area contributed by atoms with Crippen LogP contribution in [-0.2, 0) is 4.79 Å². The highest BCUT2D eigenvalue weighted by Crippen LogP contribution is 2.34. The normalized spacial score (nSPS) is 18.4. The number of hydrogen-bond donors (Lipinski definition) is 1. The molecule has 1 N–H and O–H groups in total. The highest BCUT2D eigenvalue weighted by Gasteiger charge is 2.33. The zero-order chi connectivity index (χ0) is 12.7. The fourth-order valence-electron chi connectivity index (χ4n) is 2.18. The minimum absolute atomic E-state index is 0.0393. The molecule has 18 heavy (non-hydrogen) atoms. The molecule has 0 unspecified atom stereocenters. The van der Waals surface area contributed by atoms with E-state index in [4.69, 9.17) is 4.42 Å². The first-order chi connectivity index (χ1) is 8.68. The van der Waals surface area contributed by atoms with E-state index in [2.05, 4.69) is 20.8 Å². The van der Waals surface area contributed by atoms with E-state index in [1.165, 1.54) is 6.92 Å². The lowest BCUT2D eigenvalue weighted by Gasteiger charge is -2.25. The molecule has 1 atom stereocenters. The molecule has 0 spiro atoms. The Bertz CT molecular complexity index is 626. The van der Waals surface area contributed by atoms with E-state index in [0.29, 0.717) is 17.3 Å². The maximum Gasteiger partial charge on any atom is 0.248 e. The zero-order valence-corrected chi connectivity index (χ0v) is 9.91. The van der Waals surface area contributed by atoms with Crippen molar-refractivity contribution in [2.75, 3.05) is 5.32 Å². The lowest BCUT2D eigenvalue weighted by atomic mass is 9.98. The monoisotopic (exact) mass is 245 g/mol. The largest absolute Gasteiger partial charge is 0.467 e. The van der Waals surface area contributed by atoms with E-state index in [1.807, 2.05) is 6.92 Å². The second-order valence-corrected chi connectivity index (χ2v) is 4.08. The Morgan fingerprint density at radius 1 is 1.56 bits per heavy atom. The van der Waals surface area contributed by atoms with E-state index >= 15 is 0 Å². The molecule has 0 radical (unpaired) electrons. The summed E-state index contributed by atoms with van der Waals surface area (Å²) in [7, 11) is 0. The van der Waals surface area contributed by atoms with E-state index in [9.17, 15) is 4.79 Å².